The Morgan fingerprint density at radius 1 is 0.446 bits per heavy atom. The molecule has 0 radical (unpaired) electrons. The molecule has 0 spiro atoms. The lowest BCUT2D eigenvalue weighted by molar-refractivity contribution is 0.565. The van der Waals surface area contributed by atoms with E-state index >= 15 is 0 Å². The van der Waals surface area contributed by atoms with Gasteiger partial charge in [-0.05, 0) is 145 Å². The number of imidazole rings is 1. The van der Waals surface area contributed by atoms with Gasteiger partial charge in [0.15, 0.2) is 0 Å². The van der Waals surface area contributed by atoms with E-state index in [-0.39, 0.29) is 10.8 Å². The molecule has 2 aromatic heterocycles. The van der Waals surface area contributed by atoms with Crippen molar-refractivity contribution >= 4 is 42.5 Å². The minimum atomic E-state index is -0.0600. The summed E-state index contributed by atoms with van der Waals surface area (Å²) in [7, 11) is 0. The largest absolute Gasteiger partial charge is 0.292 e. The molecule has 65 heavy (non-hydrogen) atoms. The van der Waals surface area contributed by atoms with Gasteiger partial charge in [-0.2, -0.15) is 0 Å². The quantitative estimate of drug-likeness (QED) is 0.163. The predicted octanol–water partition coefficient (Wildman–Crippen LogP) is 17.1. The van der Waals surface area contributed by atoms with Gasteiger partial charge in [0.25, 0.3) is 0 Å². The molecule has 0 fully saturated rings. The molecule has 2 aliphatic carbocycles. The lowest BCUT2D eigenvalue weighted by Gasteiger charge is -2.26. The first kappa shape index (κ1) is 38.2. The molecular formula is C62H46N2S. The first-order valence-electron chi connectivity index (χ1n) is 22.9. The summed E-state index contributed by atoms with van der Waals surface area (Å²) < 4.78 is 4.89. The van der Waals surface area contributed by atoms with Crippen LogP contribution in [-0.2, 0) is 10.8 Å². The Hall–Kier alpha value is -7.33. The molecule has 1 unspecified atom stereocenters. The van der Waals surface area contributed by atoms with Crippen LogP contribution in [0, 0.1) is 0 Å². The van der Waals surface area contributed by atoms with Crippen molar-refractivity contribution in [1.29, 1.82) is 0 Å². The molecule has 0 amide bonds. The zero-order chi connectivity index (χ0) is 43.6. The van der Waals surface area contributed by atoms with Gasteiger partial charge >= 0.3 is 0 Å². The highest BCUT2D eigenvalue weighted by Crippen LogP contribution is 2.53. The number of nitrogens with zero attached hydrogens (tertiary/aromatic N) is 2. The second-order valence-corrected chi connectivity index (χ2v) is 19.9. The average molecular weight is 851 g/mol. The Bertz CT molecular complexity index is 3750. The van der Waals surface area contributed by atoms with Crippen molar-refractivity contribution in [3.63, 3.8) is 0 Å². The van der Waals surface area contributed by atoms with Gasteiger partial charge in [0.05, 0.1) is 11.0 Å². The second-order valence-electron chi connectivity index (χ2n) is 18.8. The smallest absolute Gasteiger partial charge is 0.145 e. The van der Waals surface area contributed by atoms with Crippen molar-refractivity contribution in [1.82, 2.24) is 9.55 Å². The number of fused-ring (bicyclic) bond motifs is 10. The monoisotopic (exact) mass is 850 g/mol. The molecule has 9 aromatic carbocycles. The fourth-order valence-electron chi connectivity index (χ4n) is 11.3. The van der Waals surface area contributed by atoms with Crippen LogP contribution in [-0.4, -0.2) is 9.55 Å². The molecule has 3 heteroatoms. The van der Waals surface area contributed by atoms with Gasteiger partial charge in [0, 0.05) is 47.8 Å². The lowest BCUT2D eigenvalue weighted by Crippen LogP contribution is -2.19. The van der Waals surface area contributed by atoms with E-state index in [2.05, 4.69) is 226 Å². The third-order valence-electron chi connectivity index (χ3n) is 15.0. The summed E-state index contributed by atoms with van der Waals surface area (Å²) >= 11 is 1.90. The zero-order valence-electron chi connectivity index (χ0n) is 37.0. The molecule has 0 N–H and O–H groups in total. The van der Waals surface area contributed by atoms with Crippen LogP contribution >= 0.6 is 11.3 Å². The summed E-state index contributed by atoms with van der Waals surface area (Å²) in [6.45, 7) is 9.50. The van der Waals surface area contributed by atoms with Gasteiger partial charge in [-0.25, -0.2) is 4.98 Å². The van der Waals surface area contributed by atoms with E-state index in [1.807, 2.05) is 11.3 Å². The molecule has 13 rings (SSSR count). The van der Waals surface area contributed by atoms with Gasteiger partial charge < -0.3 is 0 Å². The normalized spacial score (nSPS) is 15.6. The molecule has 1 atom stereocenters. The number of benzene rings is 9. The number of hydrogen-bond donors (Lipinski definition) is 0. The highest BCUT2D eigenvalue weighted by atomic mass is 32.1. The summed E-state index contributed by atoms with van der Waals surface area (Å²) in [6.07, 6.45) is 1.04. The zero-order valence-corrected chi connectivity index (χ0v) is 37.8. The maximum Gasteiger partial charge on any atom is 0.145 e. The fraction of sp³-hybridized carbons (Fsp3) is 0.113. The SMILES string of the molecule is CCC1(C)c2ccccc2-c2ccc(-c3cc(-c4cccc(-c5nc6ccccc6n5-c5ccccc5)c4)c4sc5ccc(-c6ccc7c(c6)C(C)(C)c6ccccc6-7)cc5c4c3)cc21. The Morgan fingerprint density at radius 2 is 1.06 bits per heavy atom. The van der Waals surface area contributed by atoms with Crippen molar-refractivity contribution < 1.29 is 0 Å². The summed E-state index contributed by atoms with van der Waals surface area (Å²) in [5.41, 5.74) is 22.6. The predicted molar refractivity (Wildman–Crippen MR) is 275 cm³/mol. The maximum atomic E-state index is 5.27. The Morgan fingerprint density at radius 3 is 1.88 bits per heavy atom. The van der Waals surface area contributed by atoms with Gasteiger partial charge in [0.2, 0.25) is 0 Å². The van der Waals surface area contributed by atoms with Crippen molar-refractivity contribution in [3.8, 4) is 72.7 Å². The Labute approximate surface area is 384 Å². The van der Waals surface area contributed by atoms with Crippen LogP contribution in [0.15, 0.2) is 194 Å². The molecule has 2 nitrogen and oxygen atoms in total. The highest BCUT2D eigenvalue weighted by Gasteiger charge is 2.38. The average Bonchev–Trinajstić information content (AvgIpc) is 4.07. The van der Waals surface area contributed by atoms with Gasteiger partial charge in [-0.1, -0.05) is 155 Å². The highest BCUT2D eigenvalue weighted by molar-refractivity contribution is 7.26. The van der Waals surface area contributed by atoms with E-state index < -0.39 is 0 Å². The molecule has 0 saturated heterocycles. The van der Waals surface area contributed by atoms with Crippen LogP contribution in [0.1, 0.15) is 56.4 Å². The van der Waals surface area contributed by atoms with Gasteiger partial charge in [-0.3, -0.25) is 4.57 Å². The minimum absolute atomic E-state index is 0.0524. The fourth-order valence-corrected chi connectivity index (χ4v) is 12.5. The van der Waals surface area contributed by atoms with Gasteiger partial charge in [0.1, 0.15) is 5.82 Å². The van der Waals surface area contributed by atoms with Gasteiger partial charge in [-0.15, -0.1) is 11.3 Å². The first-order chi connectivity index (χ1) is 31.8. The van der Waals surface area contributed by atoms with Crippen molar-refractivity contribution in [3.05, 3.63) is 216 Å². The van der Waals surface area contributed by atoms with Crippen LogP contribution in [0.3, 0.4) is 0 Å². The van der Waals surface area contributed by atoms with Crippen LogP contribution in [0.4, 0.5) is 0 Å². The third-order valence-corrected chi connectivity index (χ3v) is 16.2. The topological polar surface area (TPSA) is 17.8 Å². The molecule has 0 saturated carbocycles. The number of aromatic nitrogens is 2. The number of para-hydroxylation sites is 3. The second kappa shape index (κ2) is 14.1. The van der Waals surface area contributed by atoms with E-state index in [0.29, 0.717) is 0 Å². The van der Waals surface area contributed by atoms with E-state index in [0.717, 1.165) is 34.5 Å². The minimum Gasteiger partial charge on any atom is -0.292 e. The third kappa shape index (κ3) is 5.62. The molecule has 0 aliphatic heterocycles. The summed E-state index contributed by atoms with van der Waals surface area (Å²) in [6, 6.07) is 72.4. The number of thiophene rings is 1. The van der Waals surface area contributed by atoms with Crippen LogP contribution < -0.4 is 0 Å². The van der Waals surface area contributed by atoms with Crippen LogP contribution in [0.25, 0.3) is 104 Å². The van der Waals surface area contributed by atoms with E-state index in [4.69, 9.17) is 4.98 Å². The maximum absolute atomic E-state index is 5.27. The van der Waals surface area contributed by atoms with E-state index in [9.17, 15) is 0 Å². The van der Waals surface area contributed by atoms with E-state index in [1.165, 1.54) is 98.1 Å². The van der Waals surface area contributed by atoms with Crippen molar-refractivity contribution in [2.75, 3.05) is 0 Å². The number of hydrogen-bond acceptors (Lipinski definition) is 2. The molecule has 2 heterocycles. The lowest BCUT2D eigenvalue weighted by atomic mass is 9.77. The molecule has 2 aliphatic rings. The number of rotatable bonds is 6. The van der Waals surface area contributed by atoms with Crippen molar-refractivity contribution in [2.45, 2.75) is 44.9 Å². The molecule has 11 aromatic rings. The van der Waals surface area contributed by atoms with E-state index in [1.54, 1.807) is 0 Å². The van der Waals surface area contributed by atoms with Crippen LogP contribution in [0.5, 0.6) is 0 Å². The van der Waals surface area contributed by atoms with Crippen LogP contribution in [0.2, 0.25) is 0 Å². The standard InChI is InChI=1S/C62H46N2S/c1-5-62(4)53-23-12-10-21-46(53)48-30-27-40(37-55(48)62)43-34-49(41-16-15-17-42(32-41)60-63-56-24-13-14-25-57(56)64(60)44-18-7-6-8-19-44)59-51(35-43)50-33-38(28-31-58(50)65-59)39-26-29-47-45-20-9-11-22-52(45)61(2,3)54(47)36-39/h6-37H,5H2,1-4H3. The summed E-state index contributed by atoms with van der Waals surface area (Å²) in [5, 5.41) is 2.58. The molecule has 0 bridgehead atoms. The Balaban J connectivity index is 1.01. The first-order valence-corrected chi connectivity index (χ1v) is 23.7. The van der Waals surface area contributed by atoms with Crippen molar-refractivity contribution in [2.24, 2.45) is 0 Å². The molecule has 310 valence electrons. The summed E-state index contributed by atoms with van der Waals surface area (Å²) in [5.74, 6) is 0.935. The molecular weight excluding hydrogens is 805 g/mol. The Kier molecular flexibility index (Phi) is 8.27. The summed E-state index contributed by atoms with van der Waals surface area (Å²) in [4.78, 5) is 5.27.